The van der Waals surface area contributed by atoms with Crippen molar-refractivity contribution in [1.29, 1.82) is 0 Å². The summed E-state index contributed by atoms with van der Waals surface area (Å²) in [5.41, 5.74) is 2.22. The van der Waals surface area contributed by atoms with E-state index in [9.17, 15) is 12.8 Å². The lowest BCUT2D eigenvalue weighted by Gasteiger charge is -2.26. The number of sulfonamides is 1. The minimum atomic E-state index is -3.65. The fraction of sp³-hybridized carbons (Fsp3) is 0.333. The summed E-state index contributed by atoms with van der Waals surface area (Å²) in [6.07, 6.45) is 1.68. The number of nitrogens with one attached hydrogen (secondary N) is 1. The molecular weight excluding hydrogens is 329 g/mol. The van der Waals surface area contributed by atoms with Crippen LogP contribution in [-0.4, -0.2) is 21.6 Å². The Hall–Kier alpha value is -1.92. The Morgan fingerprint density at radius 1 is 1.21 bits per heavy atom. The summed E-state index contributed by atoms with van der Waals surface area (Å²) in [6.45, 7) is 2.95. The molecule has 24 heavy (non-hydrogen) atoms. The maximum absolute atomic E-state index is 12.9. The highest BCUT2D eigenvalue weighted by atomic mass is 32.2. The first-order valence-electron chi connectivity index (χ1n) is 8.00. The van der Waals surface area contributed by atoms with Crippen molar-refractivity contribution in [1.82, 2.24) is 4.72 Å². The number of aryl methyl sites for hydroxylation is 1. The van der Waals surface area contributed by atoms with Gasteiger partial charge in [0.15, 0.2) is 0 Å². The Bertz CT molecular complexity index is 819. The van der Waals surface area contributed by atoms with Crippen molar-refractivity contribution in [2.75, 3.05) is 13.2 Å². The first-order valence-corrected chi connectivity index (χ1v) is 9.49. The first-order chi connectivity index (χ1) is 11.5. The molecule has 2 aromatic carbocycles. The van der Waals surface area contributed by atoms with Crippen molar-refractivity contribution in [3.05, 3.63) is 59.4 Å². The summed E-state index contributed by atoms with van der Waals surface area (Å²) in [6, 6.07) is 10.9. The number of halogens is 1. The molecule has 1 aliphatic heterocycles. The van der Waals surface area contributed by atoms with Gasteiger partial charge in [0.2, 0.25) is 10.0 Å². The van der Waals surface area contributed by atoms with Crippen LogP contribution in [0.2, 0.25) is 0 Å². The van der Waals surface area contributed by atoms with Gasteiger partial charge in [0, 0.05) is 12.5 Å². The van der Waals surface area contributed by atoms with Gasteiger partial charge in [0.1, 0.15) is 11.6 Å². The molecule has 1 aliphatic rings. The van der Waals surface area contributed by atoms with Gasteiger partial charge in [-0.15, -0.1) is 0 Å². The summed E-state index contributed by atoms with van der Waals surface area (Å²) in [5.74, 6) is 0.445. The fourth-order valence-corrected chi connectivity index (χ4v) is 3.93. The molecule has 4 nitrogen and oxygen atoms in total. The fourth-order valence-electron chi connectivity index (χ4n) is 2.85. The minimum Gasteiger partial charge on any atom is -0.493 e. The van der Waals surface area contributed by atoms with Gasteiger partial charge in [-0.3, -0.25) is 0 Å². The molecule has 0 saturated heterocycles. The minimum absolute atomic E-state index is 0.0647. The average molecular weight is 349 g/mol. The van der Waals surface area contributed by atoms with Gasteiger partial charge in [-0.05, 0) is 54.3 Å². The van der Waals surface area contributed by atoms with Gasteiger partial charge in [-0.1, -0.05) is 19.1 Å². The lowest BCUT2D eigenvalue weighted by molar-refractivity contribution is 0.267. The highest BCUT2D eigenvalue weighted by Crippen LogP contribution is 2.34. The van der Waals surface area contributed by atoms with Crippen molar-refractivity contribution in [3.63, 3.8) is 0 Å². The van der Waals surface area contributed by atoms with Crippen LogP contribution in [0.25, 0.3) is 0 Å². The molecule has 0 radical (unpaired) electrons. The zero-order valence-electron chi connectivity index (χ0n) is 13.5. The SMILES string of the molecule is CCc1ccc2c(c1)OCCC2CNS(=O)(=O)c1ccc(F)cc1. The van der Waals surface area contributed by atoms with E-state index in [2.05, 4.69) is 17.7 Å². The maximum Gasteiger partial charge on any atom is 0.240 e. The Balaban J connectivity index is 1.75. The third-order valence-electron chi connectivity index (χ3n) is 4.29. The lowest BCUT2D eigenvalue weighted by Crippen LogP contribution is -2.30. The molecule has 0 bridgehead atoms. The van der Waals surface area contributed by atoms with Crippen molar-refractivity contribution in [2.45, 2.75) is 30.6 Å². The highest BCUT2D eigenvalue weighted by Gasteiger charge is 2.24. The number of hydrogen-bond acceptors (Lipinski definition) is 3. The number of rotatable bonds is 5. The Labute approximate surface area is 141 Å². The monoisotopic (exact) mass is 349 g/mol. The first kappa shape index (κ1) is 16.9. The number of hydrogen-bond donors (Lipinski definition) is 1. The third-order valence-corrected chi connectivity index (χ3v) is 5.73. The van der Waals surface area contributed by atoms with Crippen LogP contribution in [-0.2, 0) is 16.4 Å². The molecule has 2 aromatic rings. The smallest absolute Gasteiger partial charge is 0.240 e. The molecule has 0 saturated carbocycles. The second-order valence-electron chi connectivity index (χ2n) is 5.87. The second-order valence-corrected chi connectivity index (χ2v) is 7.63. The normalized spacial score (nSPS) is 17.2. The summed E-state index contributed by atoms with van der Waals surface area (Å²) in [4.78, 5) is 0.0671. The number of benzene rings is 2. The van der Waals surface area contributed by atoms with E-state index >= 15 is 0 Å². The molecule has 1 N–H and O–H groups in total. The Kier molecular flexibility index (Phi) is 4.87. The van der Waals surface area contributed by atoms with Gasteiger partial charge < -0.3 is 4.74 Å². The van der Waals surface area contributed by atoms with Crippen LogP contribution in [0.1, 0.15) is 30.4 Å². The van der Waals surface area contributed by atoms with E-state index in [-0.39, 0.29) is 10.8 Å². The zero-order valence-corrected chi connectivity index (χ0v) is 14.3. The van der Waals surface area contributed by atoms with Crippen LogP contribution < -0.4 is 9.46 Å². The van der Waals surface area contributed by atoms with Crippen molar-refractivity contribution >= 4 is 10.0 Å². The van der Waals surface area contributed by atoms with Crippen LogP contribution >= 0.6 is 0 Å². The van der Waals surface area contributed by atoms with Crippen LogP contribution in [0.4, 0.5) is 4.39 Å². The van der Waals surface area contributed by atoms with Gasteiger partial charge in [-0.2, -0.15) is 0 Å². The van der Waals surface area contributed by atoms with E-state index in [1.54, 1.807) is 0 Å². The van der Waals surface area contributed by atoms with Gasteiger partial charge in [-0.25, -0.2) is 17.5 Å². The van der Waals surface area contributed by atoms with E-state index in [1.165, 1.54) is 17.7 Å². The Morgan fingerprint density at radius 3 is 2.67 bits per heavy atom. The van der Waals surface area contributed by atoms with E-state index < -0.39 is 15.8 Å². The second kappa shape index (κ2) is 6.91. The molecule has 3 rings (SSSR count). The van der Waals surface area contributed by atoms with Crippen LogP contribution in [0.5, 0.6) is 5.75 Å². The van der Waals surface area contributed by atoms with Crippen molar-refractivity contribution in [2.24, 2.45) is 0 Å². The number of ether oxygens (including phenoxy) is 1. The molecule has 0 aliphatic carbocycles. The van der Waals surface area contributed by atoms with E-state index in [4.69, 9.17) is 4.74 Å². The summed E-state index contributed by atoms with van der Waals surface area (Å²) < 4.78 is 46.0. The molecule has 0 spiro atoms. The summed E-state index contributed by atoms with van der Waals surface area (Å²) >= 11 is 0. The standard InChI is InChI=1S/C18H20FNO3S/c1-2-13-3-8-17-14(9-10-23-18(17)11-13)12-20-24(21,22)16-6-4-15(19)5-7-16/h3-8,11,14,20H,2,9-10,12H2,1H3. The van der Waals surface area contributed by atoms with Gasteiger partial charge in [0.05, 0.1) is 11.5 Å². The Morgan fingerprint density at radius 2 is 1.96 bits per heavy atom. The maximum atomic E-state index is 12.9. The molecule has 6 heteroatoms. The topological polar surface area (TPSA) is 55.4 Å². The molecule has 1 heterocycles. The van der Waals surface area contributed by atoms with Crippen LogP contribution in [0.3, 0.4) is 0 Å². The largest absolute Gasteiger partial charge is 0.493 e. The summed E-state index contributed by atoms with van der Waals surface area (Å²) in [5, 5.41) is 0. The summed E-state index contributed by atoms with van der Waals surface area (Å²) in [7, 11) is -3.65. The molecule has 1 atom stereocenters. The third kappa shape index (κ3) is 3.60. The highest BCUT2D eigenvalue weighted by molar-refractivity contribution is 7.89. The van der Waals surface area contributed by atoms with Gasteiger partial charge in [0.25, 0.3) is 0 Å². The van der Waals surface area contributed by atoms with Crippen LogP contribution in [0, 0.1) is 5.82 Å². The predicted octanol–water partition coefficient (Wildman–Crippen LogP) is 3.23. The molecule has 0 amide bonds. The van der Waals surface area contributed by atoms with Crippen molar-refractivity contribution in [3.8, 4) is 5.75 Å². The van der Waals surface area contributed by atoms with E-state index in [0.29, 0.717) is 13.2 Å². The quantitative estimate of drug-likeness (QED) is 0.902. The molecule has 1 unspecified atom stereocenters. The molecule has 128 valence electrons. The lowest BCUT2D eigenvalue weighted by atomic mass is 9.92. The van der Waals surface area contributed by atoms with Gasteiger partial charge >= 0.3 is 0 Å². The molecule has 0 aromatic heterocycles. The van der Waals surface area contributed by atoms with Crippen LogP contribution in [0.15, 0.2) is 47.4 Å². The molecule has 0 fully saturated rings. The zero-order chi connectivity index (χ0) is 17.2. The predicted molar refractivity (Wildman–Crippen MR) is 90.3 cm³/mol. The van der Waals surface area contributed by atoms with E-state index in [1.807, 2.05) is 12.1 Å². The number of fused-ring (bicyclic) bond motifs is 1. The molecular formula is C18H20FNO3S. The average Bonchev–Trinajstić information content (AvgIpc) is 2.59. The van der Waals surface area contributed by atoms with Crippen molar-refractivity contribution < 1.29 is 17.5 Å². The van der Waals surface area contributed by atoms with E-state index in [0.717, 1.165) is 36.3 Å².